The Morgan fingerprint density at radius 2 is 1.88 bits per heavy atom. The van der Waals surface area contributed by atoms with Gasteiger partial charge in [0.25, 0.3) is 0 Å². The van der Waals surface area contributed by atoms with Gasteiger partial charge in [-0.2, -0.15) is 0 Å². The van der Waals surface area contributed by atoms with Crippen molar-refractivity contribution in [3.63, 3.8) is 0 Å². The highest BCUT2D eigenvalue weighted by atomic mass is 16.4. The normalized spacial score (nSPS) is 18.4. The van der Waals surface area contributed by atoms with Crippen LogP contribution >= 0.6 is 0 Å². The average molecular weight is 242 g/mol. The number of carboxylic acid groups (broad SMARTS) is 1. The fourth-order valence-electron chi connectivity index (χ4n) is 2.14. The molecule has 1 fully saturated rings. The Bertz CT molecular complexity index is 311. The third-order valence-corrected chi connectivity index (χ3v) is 3.50. The molecule has 1 saturated carbocycles. The first kappa shape index (κ1) is 14.0. The predicted octanol–water partition coefficient (Wildman–Crippen LogP) is 0.827. The van der Waals surface area contributed by atoms with Gasteiger partial charge < -0.3 is 15.7 Å². The summed E-state index contributed by atoms with van der Waals surface area (Å²) in [6.07, 6.45) is 2.54. The Morgan fingerprint density at radius 1 is 1.35 bits per heavy atom. The molecule has 0 radical (unpaired) electrons. The highest BCUT2D eigenvalue weighted by Crippen LogP contribution is 2.42. The van der Waals surface area contributed by atoms with Crippen LogP contribution < -0.4 is 5.73 Å². The Morgan fingerprint density at radius 3 is 2.12 bits per heavy atom. The largest absolute Gasteiger partial charge is 0.480 e. The minimum atomic E-state index is -0.986. The van der Waals surface area contributed by atoms with E-state index in [1.807, 2.05) is 20.8 Å². The van der Waals surface area contributed by atoms with Crippen molar-refractivity contribution >= 4 is 11.9 Å². The summed E-state index contributed by atoms with van der Waals surface area (Å²) < 4.78 is 0. The van der Waals surface area contributed by atoms with Gasteiger partial charge in [-0.25, -0.2) is 0 Å². The number of aliphatic carboxylic acids is 1. The zero-order valence-corrected chi connectivity index (χ0v) is 10.8. The number of amides is 1. The smallest absolute Gasteiger partial charge is 0.323 e. The van der Waals surface area contributed by atoms with E-state index in [0.717, 1.165) is 19.3 Å². The molecular weight excluding hydrogens is 220 g/mol. The van der Waals surface area contributed by atoms with Crippen LogP contribution in [0.5, 0.6) is 0 Å². The topological polar surface area (TPSA) is 83.6 Å². The molecule has 1 aliphatic rings. The lowest BCUT2D eigenvalue weighted by molar-refractivity contribution is -0.158. The van der Waals surface area contributed by atoms with Gasteiger partial charge in [0.15, 0.2) is 0 Å². The van der Waals surface area contributed by atoms with Crippen molar-refractivity contribution in [2.75, 3.05) is 13.1 Å². The molecule has 0 aromatic heterocycles. The number of rotatable bonds is 4. The number of carbonyl (C=O) groups is 2. The third kappa shape index (κ3) is 2.77. The summed E-state index contributed by atoms with van der Waals surface area (Å²) >= 11 is 0. The van der Waals surface area contributed by atoms with Crippen molar-refractivity contribution < 1.29 is 14.7 Å². The molecule has 98 valence electrons. The first-order chi connectivity index (χ1) is 7.73. The number of hydrogen-bond acceptors (Lipinski definition) is 3. The molecule has 0 aromatic rings. The second-order valence-corrected chi connectivity index (χ2v) is 5.79. The molecule has 1 rings (SSSR count). The minimum absolute atomic E-state index is 0.110. The van der Waals surface area contributed by atoms with Crippen molar-refractivity contribution in [2.24, 2.45) is 11.1 Å². The number of hydrogen-bond donors (Lipinski definition) is 2. The van der Waals surface area contributed by atoms with Crippen molar-refractivity contribution in [1.29, 1.82) is 0 Å². The molecule has 17 heavy (non-hydrogen) atoms. The van der Waals surface area contributed by atoms with Crippen LogP contribution in [-0.4, -0.2) is 40.5 Å². The van der Waals surface area contributed by atoms with E-state index in [-0.39, 0.29) is 12.5 Å². The number of nitrogens with zero attached hydrogens (tertiary/aromatic N) is 1. The fourth-order valence-corrected chi connectivity index (χ4v) is 2.14. The van der Waals surface area contributed by atoms with Gasteiger partial charge in [0.1, 0.15) is 6.54 Å². The fraction of sp³-hybridized carbons (Fsp3) is 0.833. The van der Waals surface area contributed by atoms with E-state index in [4.69, 9.17) is 10.8 Å². The summed E-state index contributed by atoms with van der Waals surface area (Å²) in [4.78, 5) is 24.7. The van der Waals surface area contributed by atoms with Gasteiger partial charge in [0.2, 0.25) is 5.91 Å². The van der Waals surface area contributed by atoms with Crippen molar-refractivity contribution in [3.8, 4) is 0 Å². The van der Waals surface area contributed by atoms with Crippen LogP contribution in [0.4, 0.5) is 0 Å². The van der Waals surface area contributed by atoms with E-state index in [1.54, 1.807) is 0 Å². The maximum atomic E-state index is 12.4. The van der Waals surface area contributed by atoms with Crippen molar-refractivity contribution in [1.82, 2.24) is 4.90 Å². The van der Waals surface area contributed by atoms with Crippen LogP contribution in [0.2, 0.25) is 0 Å². The molecule has 1 aliphatic carbocycles. The highest BCUT2D eigenvalue weighted by molar-refractivity contribution is 5.87. The Kier molecular flexibility index (Phi) is 3.81. The lowest BCUT2D eigenvalue weighted by atomic mass is 9.67. The predicted molar refractivity (Wildman–Crippen MR) is 64.4 cm³/mol. The molecule has 3 N–H and O–H groups in total. The second kappa shape index (κ2) is 4.64. The van der Waals surface area contributed by atoms with Crippen LogP contribution in [0, 0.1) is 5.41 Å². The van der Waals surface area contributed by atoms with Gasteiger partial charge in [0, 0.05) is 12.1 Å². The SMILES string of the molecule is CC(C)(C)N(CC(=O)O)C(=O)C1(CN)CCC1. The second-order valence-electron chi connectivity index (χ2n) is 5.79. The minimum Gasteiger partial charge on any atom is -0.480 e. The molecule has 0 bridgehead atoms. The third-order valence-electron chi connectivity index (χ3n) is 3.50. The van der Waals surface area contributed by atoms with E-state index in [0.29, 0.717) is 6.54 Å². The summed E-state index contributed by atoms with van der Waals surface area (Å²) in [5, 5.41) is 8.90. The number of carboxylic acids is 1. The van der Waals surface area contributed by atoms with E-state index >= 15 is 0 Å². The van der Waals surface area contributed by atoms with E-state index in [9.17, 15) is 9.59 Å². The standard InChI is InChI=1S/C12H22N2O3/c1-11(2,3)14(7-9(15)16)10(17)12(8-13)5-4-6-12/h4-8,13H2,1-3H3,(H,15,16). The summed E-state index contributed by atoms with van der Waals surface area (Å²) in [5.74, 6) is -1.10. The van der Waals surface area contributed by atoms with Gasteiger partial charge in [0.05, 0.1) is 5.41 Å². The zero-order chi connectivity index (χ0) is 13.3. The van der Waals surface area contributed by atoms with Crippen LogP contribution in [0.3, 0.4) is 0 Å². The Labute approximate surface area is 102 Å². The lowest BCUT2D eigenvalue weighted by Crippen LogP contribution is -2.58. The van der Waals surface area contributed by atoms with Crippen LogP contribution in [0.1, 0.15) is 40.0 Å². The molecule has 0 spiro atoms. The summed E-state index contributed by atoms with van der Waals surface area (Å²) in [7, 11) is 0. The molecule has 0 unspecified atom stereocenters. The molecular formula is C12H22N2O3. The first-order valence-electron chi connectivity index (χ1n) is 5.97. The molecule has 0 saturated heterocycles. The van der Waals surface area contributed by atoms with Gasteiger partial charge in [-0.3, -0.25) is 9.59 Å². The van der Waals surface area contributed by atoms with Gasteiger partial charge in [-0.1, -0.05) is 6.42 Å². The van der Waals surface area contributed by atoms with Crippen molar-refractivity contribution in [2.45, 2.75) is 45.6 Å². The molecule has 0 heterocycles. The quantitative estimate of drug-likeness (QED) is 0.764. The van der Waals surface area contributed by atoms with E-state index in [1.165, 1.54) is 4.90 Å². The molecule has 0 aromatic carbocycles. The number of nitrogens with two attached hydrogens (primary N) is 1. The summed E-state index contributed by atoms with van der Waals surface area (Å²) in [6.45, 7) is 5.58. The maximum Gasteiger partial charge on any atom is 0.323 e. The zero-order valence-electron chi connectivity index (χ0n) is 10.8. The van der Waals surface area contributed by atoms with Crippen LogP contribution in [-0.2, 0) is 9.59 Å². The number of carbonyl (C=O) groups excluding carboxylic acids is 1. The monoisotopic (exact) mass is 242 g/mol. The van der Waals surface area contributed by atoms with Crippen LogP contribution in [0.15, 0.2) is 0 Å². The lowest BCUT2D eigenvalue weighted by Gasteiger charge is -2.46. The Hall–Kier alpha value is -1.10. The summed E-state index contributed by atoms with van der Waals surface area (Å²) in [6, 6.07) is 0. The maximum absolute atomic E-state index is 12.4. The molecule has 5 nitrogen and oxygen atoms in total. The van der Waals surface area contributed by atoms with Gasteiger partial charge in [-0.15, -0.1) is 0 Å². The van der Waals surface area contributed by atoms with Gasteiger partial charge >= 0.3 is 5.97 Å². The molecule has 0 aliphatic heterocycles. The highest BCUT2D eigenvalue weighted by Gasteiger charge is 2.47. The molecule has 1 amide bonds. The molecule has 0 atom stereocenters. The average Bonchev–Trinajstić information content (AvgIpc) is 2.11. The molecule has 5 heteroatoms. The van der Waals surface area contributed by atoms with Crippen molar-refractivity contribution in [3.05, 3.63) is 0 Å². The summed E-state index contributed by atoms with van der Waals surface area (Å²) in [5.41, 5.74) is 4.68. The first-order valence-corrected chi connectivity index (χ1v) is 5.97. The van der Waals surface area contributed by atoms with E-state index in [2.05, 4.69) is 0 Å². The van der Waals surface area contributed by atoms with Gasteiger partial charge in [-0.05, 0) is 33.6 Å². The van der Waals surface area contributed by atoms with Crippen LogP contribution in [0.25, 0.3) is 0 Å². The Balaban J connectivity index is 2.90. The van der Waals surface area contributed by atoms with E-state index < -0.39 is 16.9 Å².